The normalized spacial score (nSPS) is 11.4. The molecule has 0 heterocycles. The summed E-state index contributed by atoms with van der Waals surface area (Å²) in [6.07, 6.45) is 0. The van der Waals surface area contributed by atoms with Crippen molar-refractivity contribution in [3.8, 4) is 28.0 Å². The molecule has 0 spiro atoms. The molecule has 34 heavy (non-hydrogen) atoms. The van der Waals surface area contributed by atoms with Crippen LogP contribution in [0.4, 0.5) is 26.3 Å². The number of methoxy groups -OCH3 is 1. The minimum atomic E-state index is -1.25. The van der Waals surface area contributed by atoms with Crippen LogP contribution in [-0.2, 0) is 0 Å². The predicted molar refractivity (Wildman–Crippen MR) is 119 cm³/mol. The minimum Gasteiger partial charge on any atom is -0.497 e. The van der Waals surface area contributed by atoms with Crippen molar-refractivity contribution in [2.75, 3.05) is 7.11 Å². The monoisotopic (exact) mass is 468 g/mol. The van der Waals surface area contributed by atoms with Crippen LogP contribution in [0.25, 0.3) is 43.8 Å². The summed E-state index contributed by atoms with van der Waals surface area (Å²) in [6.45, 7) is 0. The zero-order valence-electron chi connectivity index (χ0n) is 17.5. The molecule has 5 aromatic rings. The Morgan fingerprint density at radius 1 is 0.500 bits per heavy atom. The van der Waals surface area contributed by atoms with Crippen LogP contribution >= 0.6 is 0 Å². The van der Waals surface area contributed by atoms with E-state index < -0.39 is 40.5 Å². The van der Waals surface area contributed by atoms with Crippen LogP contribution in [0.1, 0.15) is 0 Å². The molecular weight excluding hydrogens is 454 g/mol. The van der Waals surface area contributed by atoms with Gasteiger partial charge in [-0.2, -0.15) is 0 Å². The van der Waals surface area contributed by atoms with Crippen LogP contribution in [0.2, 0.25) is 0 Å². The molecule has 0 radical (unpaired) electrons. The minimum absolute atomic E-state index is 0.00715. The second-order valence-electron chi connectivity index (χ2n) is 7.70. The summed E-state index contributed by atoms with van der Waals surface area (Å²) in [5.41, 5.74) is -0.441. The van der Waals surface area contributed by atoms with Gasteiger partial charge in [-0.15, -0.1) is 0 Å². The van der Waals surface area contributed by atoms with Crippen LogP contribution in [0, 0.1) is 34.9 Å². The van der Waals surface area contributed by atoms with Crippen molar-refractivity contribution in [2.24, 2.45) is 0 Å². The van der Waals surface area contributed by atoms with Gasteiger partial charge in [0, 0.05) is 34.9 Å². The van der Waals surface area contributed by atoms with Gasteiger partial charge >= 0.3 is 0 Å². The first kappa shape index (κ1) is 21.8. The van der Waals surface area contributed by atoms with Crippen LogP contribution in [0.5, 0.6) is 5.75 Å². The molecule has 7 heteroatoms. The number of hydrogen-bond acceptors (Lipinski definition) is 1. The highest BCUT2D eigenvalue weighted by Gasteiger charge is 2.24. The highest BCUT2D eigenvalue weighted by Crippen LogP contribution is 2.46. The van der Waals surface area contributed by atoms with Gasteiger partial charge in [-0.25, -0.2) is 26.3 Å². The van der Waals surface area contributed by atoms with Gasteiger partial charge < -0.3 is 4.74 Å². The highest BCUT2D eigenvalue weighted by molar-refractivity contribution is 6.21. The van der Waals surface area contributed by atoms with E-state index in [1.165, 1.54) is 13.2 Å². The predicted octanol–water partition coefficient (Wildman–Crippen LogP) is 8.17. The number of rotatable bonds is 3. The molecule has 0 aromatic heterocycles. The molecule has 0 saturated heterocycles. The summed E-state index contributed by atoms with van der Waals surface area (Å²) in [5.74, 6) is -6.23. The molecule has 0 aliphatic heterocycles. The summed E-state index contributed by atoms with van der Waals surface area (Å²) in [6, 6.07) is 12.8. The topological polar surface area (TPSA) is 9.23 Å². The fourth-order valence-electron chi connectivity index (χ4n) is 4.33. The molecule has 0 unspecified atom stereocenters. The molecule has 0 bridgehead atoms. The van der Waals surface area contributed by atoms with E-state index in [-0.39, 0.29) is 38.6 Å². The van der Waals surface area contributed by atoms with Gasteiger partial charge in [0.2, 0.25) is 0 Å². The number of fused-ring (bicyclic) bond motifs is 2. The van der Waals surface area contributed by atoms with E-state index in [4.69, 9.17) is 4.74 Å². The Bertz CT molecular complexity index is 1590. The van der Waals surface area contributed by atoms with Gasteiger partial charge in [0.15, 0.2) is 11.6 Å². The van der Waals surface area contributed by atoms with E-state index in [0.29, 0.717) is 11.5 Å². The highest BCUT2D eigenvalue weighted by atomic mass is 19.2. The summed E-state index contributed by atoms with van der Waals surface area (Å²) >= 11 is 0. The van der Waals surface area contributed by atoms with Crippen molar-refractivity contribution in [3.63, 3.8) is 0 Å². The first-order valence-corrected chi connectivity index (χ1v) is 10.1. The third kappa shape index (κ3) is 3.36. The molecule has 0 atom stereocenters. The van der Waals surface area contributed by atoms with Crippen LogP contribution in [-0.4, -0.2) is 7.11 Å². The van der Waals surface area contributed by atoms with Crippen LogP contribution in [0.15, 0.2) is 66.7 Å². The fourth-order valence-corrected chi connectivity index (χ4v) is 4.33. The second-order valence-corrected chi connectivity index (χ2v) is 7.70. The van der Waals surface area contributed by atoms with Crippen molar-refractivity contribution in [3.05, 3.63) is 102 Å². The van der Waals surface area contributed by atoms with Gasteiger partial charge in [-0.3, -0.25) is 0 Å². The molecular formula is C27H14F6O. The van der Waals surface area contributed by atoms with E-state index in [2.05, 4.69) is 0 Å². The Kier molecular flexibility index (Phi) is 5.20. The zero-order chi connectivity index (χ0) is 24.1. The van der Waals surface area contributed by atoms with Gasteiger partial charge in [0.05, 0.1) is 12.7 Å². The summed E-state index contributed by atoms with van der Waals surface area (Å²) in [4.78, 5) is 0. The van der Waals surface area contributed by atoms with Gasteiger partial charge in [0.1, 0.15) is 29.0 Å². The van der Waals surface area contributed by atoms with Crippen molar-refractivity contribution in [1.29, 1.82) is 0 Å². The summed E-state index contributed by atoms with van der Waals surface area (Å²) in [7, 11) is 1.25. The number of benzene rings is 5. The van der Waals surface area contributed by atoms with Crippen molar-refractivity contribution in [1.82, 2.24) is 0 Å². The van der Waals surface area contributed by atoms with Crippen molar-refractivity contribution in [2.45, 2.75) is 0 Å². The molecule has 0 amide bonds. The lowest BCUT2D eigenvalue weighted by Gasteiger charge is -2.19. The standard InChI is InChI=1S/C27H14F6O/c1-34-14-9-23(32)27(24(33)10-14)26-16-5-3-2-4-15(16)25(17-7-6-13(28)8-20(17)29)18-11-21(30)22(31)12-19(18)26/h2-12H,1H3. The average Bonchev–Trinajstić information content (AvgIpc) is 2.80. The Balaban J connectivity index is 2.04. The lowest BCUT2D eigenvalue weighted by Crippen LogP contribution is -1.99. The van der Waals surface area contributed by atoms with Gasteiger partial charge in [-0.1, -0.05) is 24.3 Å². The summed E-state index contributed by atoms with van der Waals surface area (Å²) < 4.78 is 92.5. The molecule has 0 N–H and O–H groups in total. The molecule has 5 rings (SSSR count). The SMILES string of the molecule is COc1cc(F)c(-c2c3ccccc3c(-c3ccc(F)cc3F)c3cc(F)c(F)cc23)c(F)c1. The molecule has 0 aliphatic carbocycles. The molecule has 0 saturated carbocycles. The van der Waals surface area contributed by atoms with Gasteiger partial charge in [0.25, 0.3) is 0 Å². The lowest BCUT2D eigenvalue weighted by atomic mass is 9.85. The zero-order valence-corrected chi connectivity index (χ0v) is 17.5. The van der Waals surface area contributed by atoms with E-state index >= 15 is 8.78 Å². The quantitative estimate of drug-likeness (QED) is 0.192. The maximum Gasteiger partial charge on any atom is 0.159 e. The Morgan fingerprint density at radius 2 is 1.06 bits per heavy atom. The number of halogens is 6. The Hall–Kier alpha value is -4.00. The summed E-state index contributed by atoms with van der Waals surface area (Å²) in [5, 5.41) is 0.547. The lowest BCUT2D eigenvalue weighted by molar-refractivity contribution is 0.407. The van der Waals surface area contributed by atoms with E-state index in [1.807, 2.05) is 0 Å². The van der Waals surface area contributed by atoms with Gasteiger partial charge in [-0.05, 0) is 45.8 Å². The van der Waals surface area contributed by atoms with E-state index in [0.717, 1.165) is 30.3 Å². The molecule has 170 valence electrons. The number of ether oxygens (including phenoxy) is 1. The maximum atomic E-state index is 15.2. The Labute approximate surface area is 189 Å². The third-order valence-corrected chi connectivity index (χ3v) is 5.77. The van der Waals surface area contributed by atoms with E-state index in [9.17, 15) is 17.6 Å². The molecule has 0 fully saturated rings. The number of hydrogen-bond donors (Lipinski definition) is 0. The third-order valence-electron chi connectivity index (χ3n) is 5.77. The molecule has 5 aromatic carbocycles. The molecule has 1 nitrogen and oxygen atoms in total. The van der Waals surface area contributed by atoms with E-state index in [1.54, 1.807) is 24.3 Å². The average molecular weight is 468 g/mol. The fraction of sp³-hybridized carbons (Fsp3) is 0.0370. The van der Waals surface area contributed by atoms with Crippen molar-refractivity contribution < 1.29 is 31.1 Å². The first-order valence-electron chi connectivity index (χ1n) is 10.1. The Morgan fingerprint density at radius 3 is 1.62 bits per heavy atom. The largest absolute Gasteiger partial charge is 0.497 e. The second kappa shape index (κ2) is 8.09. The van der Waals surface area contributed by atoms with Crippen molar-refractivity contribution >= 4 is 21.5 Å². The maximum absolute atomic E-state index is 15.2. The molecule has 0 aliphatic rings. The van der Waals surface area contributed by atoms with Crippen LogP contribution < -0.4 is 4.74 Å². The first-order chi connectivity index (χ1) is 16.3. The van der Waals surface area contributed by atoms with Crippen LogP contribution in [0.3, 0.4) is 0 Å². The smallest absolute Gasteiger partial charge is 0.159 e.